The molecule has 0 saturated carbocycles. The molecule has 1 N–H and O–H groups in total. The molecule has 0 heterocycles. The van der Waals surface area contributed by atoms with E-state index < -0.39 is 18.0 Å². The minimum atomic E-state index is -0.946. The van der Waals surface area contributed by atoms with Gasteiger partial charge in [0.05, 0.1) is 14.2 Å². The number of benzene rings is 2. The van der Waals surface area contributed by atoms with Crippen molar-refractivity contribution in [2.45, 2.75) is 19.4 Å². The fourth-order valence-electron chi connectivity index (χ4n) is 2.51. The predicted octanol–water partition coefficient (Wildman–Crippen LogP) is 3.15. The largest absolute Gasteiger partial charge is 0.497 e. The van der Waals surface area contributed by atoms with Gasteiger partial charge in [-0.1, -0.05) is 12.1 Å². The number of hydrogen-bond donors (Lipinski definition) is 1. The first-order valence-corrected chi connectivity index (χ1v) is 9.06. The number of carbonyl (C=O) groups excluding carboxylic acids is 2. The number of methoxy groups -OCH3 is 2. The van der Waals surface area contributed by atoms with Gasteiger partial charge >= 0.3 is 5.97 Å². The maximum Gasteiger partial charge on any atom is 0.331 e. The van der Waals surface area contributed by atoms with Gasteiger partial charge in [-0.2, -0.15) is 0 Å². The summed E-state index contributed by atoms with van der Waals surface area (Å²) < 4.78 is 28.4. The average molecular weight is 401 g/mol. The van der Waals surface area contributed by atoms with Crippen LogP contribution in [0.25, 0.3) is 6.08 Å². The van der Waals surface area contributed by atoms with Crippen LogP contribution in [0.5, 0.6) is 11.5 Å². The second-order valence-electron chi connectivity index (χ2n) is 6.19. The highest BCUT2D eigenvalue weighted by molar-refractivity contribution is 5.90. The van der Waals surface area contributed by atoms with E-state index in [0.717, 1.165) is 5.56 Å². The van der Waals surface area contributed by atoms with E-state index in [9.17, 15) is 14.0 Å². The lowest BCUT2D eigenvalue weighted by molar-refractivity contribution is -0.150. The molecule has 154 valence electrons. The highest BCUT2D eigenvalue weighted by Crippen LogP contribution is 2.25. The molecule has 7 heteroatoms. The van der Waals surface area contributed by atoms with Gasteiger partial charge in [-0.3, -0.25) is 4.79 Å². The van der Waals surface area contributed by atoms with Crippen LogP contribution in [0.4, 0.5) is 4.39 Å². The first kappa shape index (κ1) is 21.9. The molecule has 6 nitrogen and oxygen atoms in total. The molecule has 0 spiro atoms. The van der Waals surface area contributed by atoms with Crippen LogP contribution in [-0.4, -0.2) is 38.7 Å². The number of esters is 1. The quantitative estimate of drug-likeness (QED) is 0.516. The maximum absolute atomic E-state index is 12.9. The molecule has 0 aliphatic heterocycles. The lowest BCUT2D eigenvalue weighted by atomic mass is 10.1. The zero-order valence-corrected chi connectivity index (χ0v) is 16.6. The Morgan fingerprint density at radius 2 is 1.83 bits per heavy atom. The standard InChI is InChI=1S/C22H24FNO5/c1-15(22(26)24-13-12-16-4-8-18(23)9-5-16)29-21(25)11-7-17-6-10-19(27-2)14-20(17)28-3/h4-11,14-15H,12-13H2,1-3H3,(H,24,26)/b11-7+/t15-/m1/s1. The molecule has 0 radical (unpaired) electrons. The van der Waals surface area contributed by atoms with Crippen molar-refractivity contribution in [2.24, 2.45) is 0 Å². The van der Waals surface area contributed by atoms with Crippen molar-refractivity contribution in [3.05, 3.63) is 65.5 Å². The van der Waals surface area contributed by atoms with Crippen molar-refractivity contribution >= 4 is 18.0 Å². The minimum absolute atomic E-state index is 0.307. The molecule has 0 saturated heterocycles. The monoisotopic (exact) mass is 401 g/mol. The van der Waals surface area contributed by atoms with Gasteiger partial charge in [-0.15, -0.1) is 0 Å². The van der Waals surface area contributed by atoms with Gasteiger partial charge in [0.2, 0.25) is 0 Å². The maximum atomic E-state index is 12.9. The number of carbonyl (C=O) groups is 2. The molecule has 0 bridgehead atoms. The van der Waals surface area contributed by atoms with Crippen LogP contribution in [0, 0.1) is 5.82 Å². The Kier molecular flexibility index (Phi) is 8.21. The Labute approximate surface area is 169 Å². The van der Waals surface area contributed by atoms with Crippen molar-refractivity contribution in [1.29, 1.82) is 0 Å². The van der Waals surface area contributed by atoms with Gasteiger partial charge < -0.3 is 19.5 Å². The van der Waals surface area contributed by atoms with Crippen molar-refractivity contribution in [2.75, 3.05) is 20.8 Å². The predicted molar refractivity (Wildman–Crippen MR) is 107 cm³/mol. The smallest absolute Gasteiger partial charge is 0.331 e. The van der Waals surface area contributed by atoms with Crippen molar-refractivity contribution in [3.8, 4) is 11.5 Å². The van der Waals surface area contributed by atoms with Gasteiger partial charge in [-0.25, -0.2) is 9.18 Å². The molecule has 2 aromatic rings. The van der Waals surface area contributed by atoms with Gasteiger partial charge in [0, 0.05) is 24.3 Å². The van der Waals surface area contributed by atoms with E-state index in [-0.39, 0.29) is 5.82 Å². The van der Waals surface area contributed by atoms with Gasteiger partial charge in [0.25, 0.3) is 5.91 Å². The van der Waals surface area contributed by atoms with Crippen LogP contribution >= 0.6 is 0 Å². The molecule has 0 aromatic heterocycles. The number of rotatable bonds is 9. The summed E-state index contributed by atoms with van der Waals surface area (Å²) in [6, 6.07) is 11.2. The van der Waals surface area contributed by atoms with Gasteiger partial charge in [0.15, 0.2) is 6.10 Å². The minimum Gasteiger partial charge on any atom is -0.497 e. The van der Waals surface area contributed by atoms with E-state index in [0.29, 0.717) is 30.0 Å². The van der Waals surface area contributed by atoms with E-state index >= 15 is 0 Å². The summed E-state index contributed by atoms with van der Waals surface area (Å²) in [7, 11) is 3.07. The van der Waals surface area contributed by atoms with Crippen molar-refractivity contribution < 1.29 is 28.2 Å². The molecule has 1 amide bonds. The normalized spacial score (nSPS) is 11.7. The molecule has 2 rings (SSSR count). The lowest BCUT2D eigenvalue weighted by Crippen LogP contribution is -2.36. The molecule has 0 aliphatic carbocycles. The SMILES string of the molecule is COc1ccc(/C=C/C(=O)O[C@H](C)C(=O)NCCc2ccc(F)cc2)c(OC)c1. The topological polar surface area (TPSA) is 73.9 Å². The Morgan fingerprint density at radius 3 is 2.48 bits per heavy atom. The van der Waals surface area contributed by atoms with Crippen molar-refractivity contribution in [1.82, 2.24) is 5.32 Å². The lowest BCUT2D eigenvalue weighted by Gasteiger charge is -2.12. The molecule has 0 unspecified atom stereocenters. The van der Waals surface area contributed by atoms with E-state index in [1.54, 1.807) is 43.5 Å². The van der Waals surface area contributed by atoms with Crippen LogP contribution < -0.4 is 14.8 Å². The highest BCUT2D eigenvalue weighted by atomic mass is 19.1. The Balaban J connectivity index is 1.82. The van der Waals surface area contributed by atoms with Crippen molar-refractivity contribution in [3.63, 3.8) is 0 Å². The second kappa shape index (κ2) is 10.8. The highest BCUT2D eigenvalue weighted by Gasteiger charge is 2.16. The van der Waals surface area contributed by atoms with Crippen LogP contribution in [0.1, 0.15) is 18.1 Å². The van der Waals surface area contributed by atoms with Crippen LogP contribution in [0.2, 0.25) is 0 Å². The number of ether oxygens (including phenoxy) is 3. The van der Waals surface area contributed by atoms with E-state index in [1.807, 2.05) is 0 Å². The average Bonchev–Trinajstić information content (AvgIpc) is 2.73. The third-order valence-corrected chi connectivity index (χ3v) is 4.13. The second-order valence-corrected chi connectivity index (χ2v) is 6.19. The van der Waals surface area contributed by atoms with E-state index in [1.165, 1.54) is 32.2 Å². The van der Waals surface area contributed by atoms with Gasteiger partial charge in [-0.05, 0) is 49.2 Å². The molecular weight excluding hydrogens is 377 g/mol. The Morgan fingerprint density at radius 1 is 1.10 bits per heavy atom. The summed E-state index contributed by atoms with van der Waals surface area (Å²) in [5.74, 6) is -0.189. The third kappa shape index (κ3) is 6.95. The summed E-state index contributed by atoms with van der Waals surface area (Å²) in [5.41, 5.74) is 1.56. The molecule has 29 heavy (non-hydrogen) atoms. The summed E-state index contributed by atoms with van der Waals surface area (Å²) in [6.45, 7) is 1.85. The zero-order valence-electron chi connectivity index (χ0n) is 16.6. The zero-order chi connectivity index (χ0) is 21.2. The number of hydrogen-bond acceptors (Lipinski definition) is 5. The fourth-order valence-corrected chi connectivity index (χ4v) is 2.51. The summed E-state index contributed by atoms with van der Waals surface area (Å²) in [6.07, 6.45) is 2.37. The Bertz CT molecular complexity index is 864. The van der Waals surface area contributed by atoms with Gasteiger partial charge in [0.1, 0.15) is 17.3 Å². The molecule has 0 aliphatic rings. The van der Waals surface area contributed by atoms with Crippen LogP contribution in [-0.2, 0) is 20.7 Å². The molecule has 2 aromatic carbocycles. The third-order valence-electron chi connectivity index (χ3n) is 4.13. The molecule has 0 fully saturated rings. The summed E-state index contributed by atoms with van der Waals surface area (Å²) in [4.78, 5) is 24.1. The molecular formula is C22H24FNO5. The fraction of sp³-hybridized carbons (Fsp3) is 0.273. The number of halogens is 1. The molecule has 1 atom stereocenters. The van der Waals surface area contributed by atoms with E-state index in [4.69, 9.17) is 14.2 Å². The number of amides is 1. The van der Waals surface area contributed by atoms with Crippen LogP contribution in [0.15, 0.2) is 48.5 Å². The Hall–Kier alpha value is -3.35. The summed E-state index contributed by atoms with van der Waals surface area (Å²) >= 11 is 0. The summed E-state index contributed by atoms with van der Waals surface area (Å²) in [5, 5.41) is 2.69. The first-order valence-electron chi connectivity index (χ1n) is 9.06. The van der Waals surface area contributed by atoms with E-state index in [2.05, 4.69) is 5.32 Å². The van der Waals surface area contributed by atoms with Crippen LogP contribution in [0.3, 0.4) is 0 Å². The number of nitrogens with one attached hydrogen (secondary N) is 1. The first-order chi connectivity index (χ1) is 13.9.